The van der Waals surface area contributed by atoms with Gasteiger partial charge in [-0.05, 0) is 24.3 Å². The van der Waals surface area contributed by atoms with Crippen LogP contribution < -0.4 is 10.6 Å². The van der Waals surface area contributed by atoms with Gasteiger partial charge >= 0.3 is 5.97 Å². The Morgan fingerprint density at radius 2 is 1.58 bits per heavy atom. The molecule has 0 aliphatic carbocycles. The number of para-hydroxylation sites is 2. The molecule has 0 saturated carbocycles. The molecule has 132 valence electrons. The SMILES string of the molecule is O=C(COC(=O)C1=C(Nc2ccccc2)OCC1=O)Nc1ccccc1. The Balaban J connectivity index is 1.62. The molecule has 7 heteroatoms. The molecule has 7 nitrogen and oxygen atoms in total. The van der Waals surface area contributed by atoms with E-state index in [0.29, 0.717) is 11.4 Å². The Morgan fingerprint density at radius 3 is 2.23 bits per heavy atom. The molecule has 3 rings (SSSR count). The van der Waals surface area contributed by atoms with Gasteiger partial charge in [-0.2, -0.15) is 0 Å². The number of Topliss-reactive ketones (excluding diaryl/α,β-unsaturated/α-hetero) is 1. The van der Waals surface area contributed by atoms with E-state index in [0.717, 1.165) is 0 Å². The molecule has 1 heterocycles. The van der Waals surface area contributed by atoms with Crippen molar-refractivity contribution in [1.29, 1.82) is 0 Å². The quantitative estimate of drug-likeness (QED) is 0.611. The van der Waals surface area contributed by atoms with Crippen molar-refractivity contribution in [2.24, 2.45) is 0 Å². The van der Waals surface area contributed by atoms with Gasteiger partial charge in [0.05, 0.1) is 0 Å². The number of carbonyl (C=O) groups is 3. The van der Waals surface area contributed by atoms with Crippen molar-refractivity contribution in [2.75, 3.05) is 23.8 Å². The Kier molecular flexibility index (Phi) is 5.28. The van der Waals surface area contributed by atoms with Crippen molar-refractivity contribution in [3.63, 3.8) is 0 Å². The molecule has 0 radical (unpaired) electrons. The first-order valence-electron chi connectivity index (χ1n) is 7.88. The van der Waals surface area contributed by atoms with Crippen molar-refractivity contribution in [1.82, 2.24) is 0 Å². The lowest BCUT2D eigenvalue weighted by molar-refractivity contribution is -0.144. The first-order chi connectivity index (χ1) is 12.6. The molecule has 1 amide bonds. The second-order valence-corrected chi connectivity index (χ2v) is 5.40. The smallest absolute Gasteiger partial charge is 0.347 e. The number of rotatable bonds is 6. The van der Waals surface area contributed by atoms with E-state index in [9.17, 15) is 14.4 Å². The predicted molar refractivity (Wildman–Crippen MR) is 94.1 cm³/mol. The van der Waals surface area contributed by atoms with Crippen LogP contribution in [0.3, 0.4) is 0 Å². The standard InChI is InChI=1S/C19H16N2O5/c22-15-11-25-18(21-14-9-5-2-6-10-14)17(15)19(24)26-12-16(23)20-13-7-3-1-4-8-13/h1-10,21H,11-12H2,(H,20,23). The Bertz CT molecular complexity index is 847. The van der Waals surface area contributed by atoms with E-state index in [1.165, 1.54) is 0 Å². The third-order valence-corrected chi connectivity index (χ3v) is 3.48. The summed E-state index contributed by atoms with van der Waals surface area (Å²) in [6.07, 6.45) is 0. The van der Waals surface area contributed by atoms with Crippen LogP contribution in [0.1, 0.15) is 0 Å². The van der Waals surface area contributed by atoms with E-state index in [1.807, 2.05) is 12.1 Å². The minimum absolute atomic E-state index is 0.0228. The van der Waals surface area contributed by atoms with E-state index in [4.69, 9.17) is 9.47 Å². The summed E-state index contributed by atoms with van der Waals surface area (Å²) in [5, 5.41) is 5.45. The highest BCUT2D eigenvalue weighted by Gasteiger charge is 2.32. The summed E-state index contributed by atoms with van der Waals surface area (Å²) in [6.45, 7) is -0.765. The van der Waals surface area contributed by atoms with Gasteiger partial charge in [-0.15, -0.1) is 0 Å². The fraction of sp³-hybridized carbons (Fsp3) is 0.105. The third kappa shape index (κ3) is 4.27. The second-order valence-electron chi connectivity index (χ2n) is 5.40. The summed E-state index contributed by atoms with van der Waals surface area (Å²) in [6, 6.07) is 17.7. The highest BCUT2D eigenvalue weighted by atomic mass is 16.5. The summed E-state index contributed by atoms with van der Waals surface area (Å²) >= 11 is 0. The Labute approximate surface area is 149 Å². The summed E-state index contributed by atoms with van der Waals surface area (Å²) in [4.78, 5) is 36.0. The molecular formula is C19H16N2O5. The molecule has 2 aromatic rings. The van der Waals surface area contributed by atoms with E-state index >= 15 is 0 Å². The van der Waals surface area contributed by atoms with Crippen LogP contribution in [0.5, 0.6) is 0 Å². The van der Waals surface area contributed by atoms with Crippen LogP contribution in [0.2, 0.25) is 0 Å². The molecule has 0 bridgehead atoms. The predicted octanol–water partition coefficient (Wildman–Crippen LogP) is 2.09. The molecule has 2 aromatic carbocycles. The van der Waals surface area contributed by atoms with Crippen LogP contribution in [0.25, 0.3) is 0 Å². The number of benzene rings is 2. The van der Waals surface area contributed by atoms with Crippen LogP contribution in [-0.2, 0) is 23.9 Å². The topological polar surface area (TPSA) is 93.7 Å². The molecule has 0 unspecified atom stereocenters. The number of hydrogen-bond acceptors (Lipinski definition) is 6. The lowest BCUT2D eigenvalue weighted by Crippen LogP contribution is -2.23. The van der Waals surface area contributed by atoms with Crippen LogP contribution in [0.4, 0.5) is 11.4 Å². The van der Waals surface area contributed by atoms with Crippen molar-refractivity contribution < 1.29 is 23.9 Å². The molecule has 0 fully saturated rings. The highest BCUT2D eigenvalue weighted by molar-refractivity contribution is 6.20. The largest absolute Gasteiger partial charge is 0.470 e. The highest BCUT2D eigenvalue weighted by Crippen LogP contribution is 2.20. The van der Waals surface area contributed by atoms with Gasteiger partial charge in [0.1, 0.15) is 0 Å². The van der Waals surface area contributed by atoms with Crippen molar-refractivity contribution in [2.45, 2.75) is 0 Å². The number of ether oxygens (including phenoxy) is 2. The molecule has 1 aliphatic rings. The summed E-state index contributed by atoms with van der Waals surface area (Å²) in [5.74, 6) is -1.89. The average molecular weight is 352 g/mol. The minimum Gasteiger partial charge on any atom is -0.470 e. The fourth-order valence-corrected chi connectivity index (χ4v) is 2.29. The first kappa shape index (κ1) is 17.2. The maximum absolute atomic E-state index is 12.2. The van der Waals surface area contributed by atoms with Crippen LogP contribution >= 0.6 is 0 Å². The van der Waals surface area contributed by atoms with Crippen LogP contribution in [0.15, 0.2) is 72.1 Å². The molecule has 0 atom stereocenters. The molecule has 0 saturated heterocycles. The maximum Gasteiger partial charge on any atom is 0.347 e. The van der Waals surface area contributed by atoms with Gasteiger partial charge in [-0.25, -0.2) is 4.79 Å². The minimum atomic E-state index is -0.908. The van der Waals surface area contributed by atoms with Gasteiger partial charge < -0.3 is 20.1 Å². The van der Waals surface area contributed by atoms with Gasteiger partial charge in [0.2, 0.25) is 11.7 Å². The molecule has 0 spiro atoms. The number of amides is 1. The van der Waals surface area contributed by atoms with Gasteiger partial charge in [-0.1, -0.05) is 36.4 Å². The molecule has 0 aromatic heterocycles. The van der Waals surface area contributed by atoms with E-state index in [2.05, 4.69) is 10.6 Å². The molecule has 26 heavy (non-hydrogen) atoms. The normalized spacial score (nSPS) is 13.2. The third-order valence-electron chi connectivity index (χ3n) is 3.48. The lowest BCUT2D eigenvalue weighted by atomic mass is 10.2. The van der Waals surface area contributed by atoms with Gasteiger partial charge in [0, 0.05) is 11.4 Å². The van der Waals surface area contributed by atoms with Crippen LogP contribution in [-0.4, -0.2) is 30.9 Å². The van der Waals surface area contributed by atoms with Crippen LogP contribution in [0, 0.1) is 0 Å². The molecule has 2 N–H and O–H groups in total. The van der Waals surface area contributed by atoms with Gasteiger partial charge in [0.25, 0.3) is 5.91 Å². The number of esters is 1. The number of nitrogens with one attached hydrogen (secondary N) is 2. The van der Waals surface area contributed by atoms with Crippen molar-refractivity contribution in [3.8, 4) is 0 Å². The number of hydrogen-bond donors (Lipinski definition) is 2. The number of carbonyl (C=O) groups excluding carboxylic acids is 3. The van der Waals surface area contributed by atoms with Gasteiger partial charge in [-0.3, -0.25) is 9.59 Å². The van der Waals surface area contributed by atoms with E-state index in [-0.39, 0.29) is 18.1 Å². The van der Waals surface area contributed by atoms with E-state index < -0.39 is 24.3 Å². The number of ketones is 1. The maximum atomic E-state index is 12.2. The number of anilines is 2. The summed E-state index contributed by atoms with van der Waals surface area (Å²) in [5.41, 5.74) is 1.00. The lowest BCUT2D eigenvalue weighted by Gasteiger charge is -2.09. The molecule has 1 aliphatic heterocycles. The second kappa shape index (κ2) is 7.98. The summed E-state index contributed by atoms with van der Waals surface area (Å²) in [7, 11) is 0. The van der Waals surface area contributed by atoms with E-state index in [1.54, 1.807) is 48.5 Å². The zero-order chi connectivity index (χ0) is 18.4. The molecular weight excluding hydrogens is 336 g/mol. The first-order valence-corrected chi connectivity index (χ1v) is 7.88. The Hall–Kier alpha value is -3.61. The zero-order valence-electron chi connectivity index (χ0n) is 13.7. The van der Waals surface area contributed by atoms with Crippen molar-refractivity contribution >= 4 is 29.0 Å². The van der Waals surface area contributed by atoms with Crippen molar-refractivity contribution in [3.05, 3.63) is 72.1 Å². The fourth-order valence-electron chi connectivity index (χ4n) is 2.29. The van der Waals surface area contributed by atoms with Gasteiger partial charge in [0.15, 0.2) is 18.8 Å². The summed E-state index contributed by atoms with van der Waals surface area (Å²) < 4.78 is 10.2. The Morgan fingerprint density at radius 1 is 0.962 bits per heavy atom. The average Bonchev–Trinajstić information content (AvgIpc) is 3.02. The monoisotopic (exact) mass is 352 g/mol. The zero-order valence-corrected chi connectivity index (χ0v) is 13.7.